The number of nitrogens with zero attached hydrogens (tertiary/aromatic N) is 1. The number of rotatable bonds is 6. The standard InChI is InChI=1S/C22H25N3O3.HI/c1-23-22(25-18-8-10-20(27-3)21(13-18)28-4)24-14-15-5-6-17-12-19(26-2)9-7-16(17)11-15;/h5-13H,14H2,1-4H3,(H2,23,24,25);1H. The first-order chi connectivity index (χ1) is 13.7. The van der Waals surface area contributed by atoms with Crippen molar-refractivity contribution in [1.82, 2.24) is 5.32 Å². The molecule has 0 spiro atoms. The number of halogens is 1. The molecule has 154 valence electrons. The molecule has 3 aromatic carbocycles. The van der Waals surface area contributed by atoms with Crippen LogP contribution >= 0.6 is 24.0 Å². The lowest BCUT2D eigenvalue weighted by Crippen LogP contribution is -2.30. The normalized spacial score (nSPS) is 10.8. The van der Waals surface area contributed by atoms with E-state index in [1.807, 2.05) is 30.3 Å². The summed E-state index contributed by atoms with van der Waals surface area (Å²) in [5.74, 6) is 2.87. The third kappa shape index (κ3) is 5.66. The molecule has 0 saturated heterocycles. The number of anilines is 1. The van der Waals surface area contributed by atoms with Crippen LogP contribution in [-0.2, 0) is 6.54 Å². The van der Waals surface area contributed by atoms with Crippen LogP contribution in [0.4, 0.5) is 5.69 Å². The summed E-state index contributed by atoms with van der Waals surface area (Å²) in [5.41, 5.74) is 2.02. The van der Waals surface area contributed by atoms with Gasteiger partial charge in [0.15, 0.2) is 17.5 Å². The van der Waals surface area contributed by atoms with Gasteiger partial charge in [-0.25, -0.2) is 0 Å². The van der Waals surface area contributed by atoms with Crippen molar-refractivity contribution >= 4 is 46.4 Å². The van der Waals surface area contributed by atoms with Gasteiger partial charge >= 0.3 is 0 Å². The molecule has 0 fully saturated rings. The Morgan fingerprint density at radius 1 is 0.828 bits per heavy atom. The van der Waals surface area contributed by atoms with Gasteiger partial charge in [0.1, 0.15) is 5.75 Å². The SMILES string of the molecule is CN=C(NCc1ccc2cc(OC)ccc2c1)Nc1ccc(OC)c(OC)c1.I. The molecule has 0 aliphatic rings. The Morgan fingerprint density at radius 2 is 1.55 bits per heavy atom. The van der Waals surface area contributed by atoms with Crippen molar-refractivity contribution in [2.45, 2.75) is 6.54 Å². The molecule has 0 heterocycles. The zero-order valence-electron chi connectivity index (χ0n) is 17.0. The van der Waals surface area contributed by atoms with Gasteiger partial charge in [-0.3, -0.25) is 4.99 Å². The second-order valence-electron chi connectivity index (χ2n) is 6.17. The lowest BCUT2D eigenvalue weighted by atomic mass is 10.1. The number of aliphatic imine (C=N–C) groups is 1. The molecule has 7 heteroatoms. The molecule has 3 aromatic rings. The Kier molecular flexibility index (Phi) is 8.38. The first-order valence-corrected chi connectivity index (χ1v) is 8.93. The fourth-order valence-corrected chi connectivity index (χ4v) is 2.93. The summed E-state index contributed by atoms with van der Waals surface area (Å²) >= 11 is 0. The van der Waals surface area contributed by atoms with E-state index in [2.05, 4.69) is 39.9 Å². The lowest BCUT2D eigenvalue weighted by Gasteiger charge is -2.14. The van der Waals surface area contributed by atoms with Crippen LogP contribution in [0.1, 0.15) is 5.56 Å². The highest BCUT2D eigenvalue weighted by molar-refractivity contribution is 14.0. The number of fused-ring (bicyclic) bond motifs is 1. The topological polar surface area (TPSA) is 64.1 Å². The highest BCUT2D eigenvalue weighted by Gasteiger charge is 2.06. The Labute approximate surface area is 188 Å². The molecule has 29 heavy (non-hydrogen) atoms. The highest BCUT2D eigenvalue weighted by Crippen LogP contribution is 2.29. The molecule has 0 unspecified atom stereocenters. The summed E-state index contributed by atoms with van der Waals surface area (Å²) in [6.45, 7) is 0.648. The number of hydrogen-bond acceptors (Lipinski definition) is 4. The fraction of sp³-hybridized carbons (Fsp3) is 0.227. The van der Waals surface area contributed by atoms with E-state index < -0.39 is 0 Å². The van der Waals surface area contributed by atoms with Gasteiger partial charge in [0.25, 0.3) is 0 Å². The highest BCUT2D eigenvalue weighted by atomic mass is 127. The summed E-state index contributed by atoms with van der Waals surface area (Å²) in [7, 11) is 6.65. The molecule has 0 aliphatic carbocycles. The maximum Gasteiger partial charge on any atom is 0.195 e. The van der Waals surface area contributed by atoms with Crippen molar-refractivity contribution in [1.29, 1.82) is 0 Å². The van der Waals surface area contributed by atoms with Crippen LogP contribution in [0.3, 0.4) is 0 Å². The van der Waals surface area contributed by atoms with Crippen LogP contribution in [0.15, 0.2) is 59.6 Å². The number of hydrogen-bond donors (Lipinski definition) is 2. The van der Waals surface area contributed by atoms with E-state index >= 15 is 0 Å². The fourth-order valence-electron chi connectivity index (χ4n) is 2.93. The smallest absolute Gasteiger partial charge is 0.195 e. The van der Waals surface area contributed by atoms with Gasteiger partial charge in [-0.15, -0.1) is 24.0 Å². The van der Waals surface area contributed by atoms with Crippen LogP contribution in [0, 0.1) is 0 Å². The quantitative estimate of drug-likeness (QED) is 0.289. The Bertz CT molecular complexity index is 992. The molecule has 0 aliphatic heterocycles. The molecule has 0 amide bonds. The minimum Gasteiger partial charge on any atom is -0.497 e. The molecule has 0 bridgehead atoms. The second-order valence-corrected chi connectivity index (χ2v) is 6.17. The molecule has 0 radical (unpaired) electrons. The zero-order chi connectivity index (χ0) is 19.9. The average Bonchev–Trinajstić information content (AvgIpc) is 2.75. The van der Waals surface area contributed by atoms with E-state index in [4.69, 9.17) is 14.2 Å². The molecule has 0 atom stereocenters. The van der Waals surface area contributed by atoms with Gasteiger partial charge in [0, 0.05) is 25.3 Å². The third-order valence-electron chi connectivity index (χ3n) is 4.44. The molecule has 2 N–H and O–H groups in total. The summed E-state index contributed by atoms with van der Waals surface area (Å²) in [5, 5.41) is 8.91. The number of methoxy groups -OCH3 is 3. The van der Waals surface area contributed by atoms with Crippen LogP contribution < -0.4 is 24.8 Å². The minimum atomic E-state index is 0. The van der Waals surface area contributed by atoms with Crippen molar-refractivity contribution in [3.8, 4) is 17.2 Å². The van der Waals surface area contributed by atoms with Gasteiger partial charge in [-0.1, -0.05) is 18.2 Å². The maximum atomic E-state index is 5.34. The van der Waals surface area contributed by atoms with Crippen LogP contribution in [0.25, 0.3) is 10.8 Å². The van der Waals surface area contributed by atoms with Gasteiger partial charge in [-0.05, 0) is 46.7 Å². The van der Waals surface area contributed by atoms with Crippen LogP contribution in [0.2, 0.25) is 0 Å². The largest absolute Gasteiger partial charge is 0.497 e. The molecular weight excluding hydrogens is 481 g/mol. The summed E-state index contributed by atoms with van der Waals surface area (Å²) in [6.07, 6.45) is 0. The van der Waals surface area contributed by atoms with E-state index in [1.54, 1.807) is 28.4 Å². The number of benzene rings is 3. The summed E-state index contributed by atoms with van der Waals surface area (Å²) in [4.78, 5) is 4.29. The Balaban J connectivity index is 0.00000300. The van der Waals surface area contributed by atoms with Gasteiger partial charge in [0.2, 0.25) is 0 Å². The predicted octanol–water partition coefficient (Wildman–Crippen LogP) is 4.67. The van der Waals surface area contributed by atoms with Crippen molar-refractivity contribution in [2.75, 3.05) is 33.7 Å². The number of ether oxygens (including phenoxy) is 3. The van der Waals surface area contributed by atoms with E-state index in [1.165, 1.54) is 5.39 Å². The van der Waals surface area contributed by atoms with E-state index in [0.717, 1.165) is 22.4 Å². The minimum absolute atomic E-state index is 0. The van der Waals surface area contributed by atoms with Crippen molar-refractivity contribution < 1.29 is 14.2 Å². The molecule has 0 saturated carbocycles. The molecule has 6 nitrogen and oxygen atoms in total. The van der Waals surface area contributed by atoms with E-state index in [-0.39, 0.29) is 24.0 Å². The maximum absolute atomic E-state index is 5.34. The summed E-state index contributed by atoms with van der Waals surface area (Å²) < 4.78 is 15.9. The monoisotopic (exact) mass is 507 g/mol. The first-order valence-electron chi connectivity index (χ1n) is 8.93. The molecule has 3 rings (SSSR count). The molecular formula is C22H26IN3O3. The second kappa shape index (κ2) is 10.8. The first kappa shape index (κ1) is 22.6. The van der Waals surface area contributed by atoms with Crippen LogP contribution in [-0.4, -0.2) is 34.3 Å². The Morgan fingerprint density at radius 3 is 2.24 bits per heavy atom. The summed E-state index contributed by atoms with van der Waals surface area (Å²) in [6, 6.07) is 18.1. The van der Waals surface area contributed by atoms with E-state index in [0.29, 0.717) is 24.0 Å². The van der Waals surface area contributed by atoms with E-state index in [9.17, 15) is 0 Å². The van der Waals surface area contributed by atoms with Crippen molar-refractivity contribution in [3.63, 3.8) is 0 Å². The van der Waals surface area contributed by atoms with Gasteiger partial charge in [0.05, 0.1) is 21.3 Å². The van der Waals surface area contributed by atoms with Crippen molar-refractivity contribution in [2.24, 2.45) is 4.99 Å². The zero-order valence-corrected chi connectivity index (χ0v) is 19.3. The molecule has 0 aromatic heterocycles. The predicted molar refractivity (Wildman–Crippen MR) is 129 cm³/mol. The van der Waals surface area contributed by atoms with Crippen LogP contribution in [0.5, 0.6) is 17.2 Å². The lowest BCUT2D eigenvalue weighted by molar-refractivity contribution is 0.355. The third-order valence-corrected chi connectivity index (χ3v) is 4.44. The van der Waals surface area contributed by atoms with Gasteiger partial charge < -0.3 is 24.8 Å². The number of guanidine groups is 1. The van der Waals surface area contributed by atoms with Crippen molar-refractivity contribution in [3.05, 3.63) is 60.2 Å². The Hall–Kier alpha value is -2.68. The number of nitrogens with one attached hydrogen (secondary N) is 2. The average molecular weight is 507 g/mol. The van der Waals surface area contributed by atoms with Gasteiger partial charge in [-0.2, -0.15) is 0 Å².